The molecular formula is C15H15ClFN3O2S. The summed E-state index contributed by atoms with van der Waals surface area (Å²) in [6.45, 7) is 1.69. The Morgan fingerprint density at radius 3 is 2.61 bits per heavy atom. The zero-order valence-electron chi connectivity index (χ0n) is 12.5. The lowest BCUT2D eigenvalue weighted by Gasteiger charge is -2.17. The average molecular weight is 356 g/mol. The van der Waals surface area contributed by atoms with E-state index in [0.717, 1.165) is 4.88 Å². The van der Waals surface area contributed by atoms with E-state index in [0.29, 0.717) is 16.6 Å². The molecule has 2 rings (SSSR count). The van der Waals surface area contributed by atoms with Crippen LogP contribution in [0, 0.1) is 5.82 Å². The van der Waals surface area contributed by atoms with Gasteiger partial charge in [-0.25, -0.2) is 9.18 Å². The van der Waals surface area contributed by atoms with Crippen molar-refractivity contribution < 1.29 is 14.0 Å². The molecule has 0 unspecified atom stereocenters. The van der Waals surface area contributed by atoms with Gasteiger partial charge in [0.25, 0.3) is 0 Å². The average Bonchev–Trinajstić information content (AvgIpc) is 2.87. The largest absolute Gasteiger partial charge is 0.324 e. The van der Waals surface area contributed by atoms with E-state index in [9.17, 15) is 14.0 Å². The Hall–Kier alpha value is -2.12. The van der Waals surface area contributed by atoms with Crippen LogP contribution in [0.25, 0.3) is 0 Å². The highest BCUT2D eigenvalue weighted by Crippen LogP contribution is 2.23. The van der Waals surface area contributed by atoms with Crippen molar-refractivity contribution in [1.29, 1.82) is 0 Å². The molecule has 0 spiro atoms. The number of anilines is 2. The van der Waals surface area contributed by atoms with Gasteiger partial charge >= 0.3 is 6.03 Å². The van der Waals surface area contributed by atoms with E-state index in [1.54, 1.807) is 13.1 Å². The molecule has 2 aromatic rings. The molecule has 0 atom stereocenters. The minimum atomic E-state index is -0.570. The molecule has 0 aliphatic carbocycles. The maximum absolute atomic E-state index is 13.6. The second-order valence-electron chi connectivity index (χ2n) is 4.87. The summed E-state index contributed by atoms with van der Waals surface area (Å²) in [6, 6.07) is 7.24. The van der Waals surface area contributed by atoms with Crippen LogP contribution in [-0.2, 0) is 11.3 Å². The summed E-state index contributed by atoms with van der Waals surface area (Å²) in [5, 5.41) is 5.02. The molecule has 0 bridgehead atoms. The number of benzene rings is 1. The lowest BCUT2D eigenvalue weighted by molar-refractivity contribution is -0.114. The van der Waals surface area contributed by atoms with Gasteiger partial charge in [-0.15, -0.1) is 11.3 Å². The molecule has 5 nitrogen and oxygen atoms in total. The van der Waals surface area contributed by atoms with Crippen molar-refractivity contribution in [3.63, 3.8) is 0 Å². The highest BCUT2D eigenvalue weighted by Gasteiger charge is 2.12. The minimum absolute atomic E-state index is 0.0167. The third-order valence-electron chi connectivity index (χ3n) is 2.90. The van der Waals surface area contributed by atoms with Gasteiger partial charge in [-0.05, 0) is 30.3 Å². The van der Waals surface area contributed by atoms with Crippen molar-refractivity contribution in [3.05, 3.63) is 45.4 Å². The highest BCUT2D eigenvalue weighted by atomic mass is 35.5. The first-order chi connectivity index (χ1) is 10.8. The summed E-state index contributed by atoms with van der Waals surface area (Å²) in [4.78, 5) is 25.6. The maximum atomic E-state index is 13.6. The number of urea groups is 1. The number of hydrogen-bond donors (Lipinski definition) is 2. The van der Waals surface area contributed by atoms with E-state index in [1.165, 1.54) is 41.4 Å². The molecule has 0 radical (unpaired) electrons. The number of nitrogens with one attached hydrogen (secondary N) is 2. The van der Waals surface area contributed by atoms with Gasteiger partial charge in [0.15, 0.2) is 0 Å². The summed E-state index contributed by atoms with van der Waals surface area (Å²) in [5.41, 5.74) is 0.402. The molecule has 1 aromatic carbocycles. The van der Waals surface area contributed by atoms with E-state index in [1.807, 2.05) is 6.07 Å². The van der Waals surface area contributed by atoms with Crippen LogP contribution >= 0.6 is 22.9 Å². The zero-order valence-corrected chi connectivity index (χ0v) is 14.1. The van der Waals surface area contributed by atoms with Gasteiger partial charge in [0.05, 0.1) is 16.6 Å². The van der Waals surface area contributed by atoms with Crippen molar-refractivity contribution in [2.24, 2.45) is 0 Å². The van der Waals surface area contributed by atoms with Crippen molar-refractivity contribution in [2.45, 2.75) is 13.5 Å². The molecule has 0 saturated heterocycles. The normalized spacial score (nSPS) is 10.3. The van der Waals surface area contributed by atoms with Gasteiger partial charge in [-0.1, -0.05) is 11.6 Å². The molecule has 3 amide bonds. The van der Waals surface area contributed by atoms with Gasteiger partial charge in [0.1, 0.15) is 5.82 Å². The van der Waals surface area contributed by atoms with Crippen LogP contribution in [0.5, 0.6) is 0 Å². The minimum Gasteiger partial charge on any atom is -0.324 e. The molecule has 2 N–H and O–H groups in total. The molecule has 0 aliphatic rings. The van der Waals surface area contributed by atoms with Crippen molar-refractivity contribution in [1.82, 2.24) is 4.90 Å². The molecule has 0 fully saturated rings. The van der Waals surface area contributed by atoms with E-state index in [2.05, 4.69) is 10.6 Å². The molecule has 23 heavy (non-hydrogen) atoms. The zero-order chi connectivity index (χ0) is 17.0. The van der Waals surface area contributed by atoms with Crippen molar-refractivity contribution >= 4 is 46.3 Å². The summed E-state index contributed by atoms with van der Waals surface area (Å²) in [5.74, 6) is -0.959. The summed E-state index contributed by atoms with van der Waals surface area (Å²) in [6.07, 6.45) is 0. The fourth-order valence-corrected chi connectivity index (χ4v) is 2.99. The topological polar surface area (TPSA) is 61.4 Å². The number of thiophene rings is 1. The molecular weight excluding hydrogens is 341 g/mol. The number of nitrogens with zero attached hydrogens (tertiary/aromatic N) is 1. The van der Waals surface area contributed by atoms with Crippen LogP contribution in [0.4, 0.5) is 20.6 Å². The standard InChI is InChI=1S/C15H15ClFN3O2S/c1-9(21)18-13-7-10(3-5-12(13)17)19-15(22)20(2)8-11-4-6-14(16)23-11/h3-7H,8H2,1-2H3,(H,18,21)(H,19,22). The predicted molar refractivity (Wildman–Crippen MR) is 90.5 cm³/mol. The third-order valence-corrected chi connectivity index (χ3v) is 4.11. The number of amides is 3. The second kappa shape index (κ2) is 7.43. The van der Waals surface area contributed by atoms with Gasteiger partial charge in [-0.2, -0.15) is 0 Å². The van der Waals surface area contributed by atoms with E-state index >= 15 is 0 Å². The summed E-state index contributed by atoms with van der Waals surface area (Å²) in [7, 11) is 1.64. The molecule has 0 saturated carbocycles. The van der Waals surface area contributed by atoms with Crippen LogP contribution in [0.15, 0.2) is 30.3 Å². The first-order valence-corrected chi connectivity index (χ1v) is 7.88. The smallest absolute Gasteiger partial charge is 0.321 e. The Morgan fingerprint density at radius 1 is 1.26 bits per heavy atom. The Morgan fingerprint density at radius 2 is 2.00 bits per heavy atom. The van der Waals surface area contributed by atoms with Gasteiger partial charge in [-0.3, -0.25) is 4.79 Å². The molecule has 0 aliphatic heterocycles. The SMILES string of the molecule is CC(=O)Nc1cc(NC(=O)N(C)Cc2ccc(Cl)s2)ccc1F. The summed E-state index contributed by atoms with van der Waals surface area (Å²) < 4.78 is 14.2. The fraction of sp³-hybridized carbons (Fsp3) is 0.200. The van der Waals surface area contributed by atoms with E-state index in [4.69, 9.17) is 11.6 Å². The molecule has 122 valence electrons. The fourth-order valence-electron chi connectivity index (χ4n) is 1.85. The van der Waals surface area contributed by atoms with Crippen molar-refractivity contribution in [2.75, 3.05) is 17.7 Å². The number of carbonyl (C=O) groups excluding carboxylic acids is 2. The second-order valence-corrected chi connectivity index (χ2v) is 6.67. The monoisotopic (exact) mass is 355 g/mol. The number of rotatable bonds is 4. The summed E-state index contributed by atoms with van der Waals surface area (Å²) >= 11 is 7.25. The Kier molecular flexibility index (Phi) is 5.57. The Labute approximate surface area is 142 Å². The quantitative estimate of drug-likeness (QED) is 0.864. The van der Waals surface area contributed by atoms with Gasteiger partial charge in [0.2, 0.25) is 5.91 Å². The van der Waals surface area contributed by atoms with Crippen LogP contribution in [-0.4, -0.2) is 23.9 Å². The van der Waals surface area contributed by atoms with Gasteiger partial charge in [0, 0.05) is 24.5 Å². The lowest BCUT2D eigenvalue weighted by Crippen LogP contribution is -2.30. The molecule has 1 aromatic heterocycles. The van der Waals surface area contributed by atoms with Gasteiger partial charge < -0.3 is 15.5 Å². The van der Waals surface area contributed by atoms with E-state index in [-0.39, 0.29) is 17.6 Å². The first kappa shape index (κ1) is 17.2. The third kappa shape index (κ3) is 4.94. The Bertz CT molecular complexity index is 735. The Balaban J connectivity index is 2.03. The number of halogens is 2. The maximum Gasteiger partial charge on any atom is 0.321 e. The van der Waals surface area contributed by atoms with Crippen molar-refractivity contribution in [3.8, 4) is 0 Å². The molecule has 1 heterocycles. The van der Waals surface area contributed by atoms with Crippen LogP contribution in [0.2, 0.25) is 4.34 Å². The number of hydrogen-bond acceptors (Lipinski definition) is 3. The van der Waals surface area contributed by atoms with Crippen LogP contribution in [0.1, 0.15) is 11.8 Å². The van der Waals surface area contributed by atoms with Crippen LogP contribution in [0.3, 0.4) is 0 Å². The highest BCUT2D eigenvalue weighted by molar-refractivity contribution is 7.16. The number of carbonyl (C=O) groups is 2. The molecule has 8 heteroatoms. The van der Waals surface area contributed by atoms with E-state index < -0.39 is 5.82 Å². The van der Waals surface area contributed by atoms with Crippen LogP contribution < -0.4 is 10.6 Å². The predicted octanol–water partition coefficient (Wildman–Crippen LogP) is 4.16. The lowest BCUT2D eigenvalue weighted by atomic mass is 10.2. The first-order valence-electron chi connectivity index (χ1n) is 6.68.